The second-order valence-corrected chi connectivity index (χ2v) is 12.9. The van der Waals surface area contributed by atoms with Gasteiger partial charge in [-0.1, -0.05) is 84.8 Å². The third kappa shape index (κ3) is 11.6. The fourth-order valence-electron chi connectivity index (χ4n) is 5.62. The smallest absolute Gasteiger partial charge is 0.243 e. The topological polar surface area (TPSA) is 208 Å². The standard InChI is InChI=1S/C38H46ClN7O4/c39-29-15-9-25(10-16-29)22-34(46-36(48)31(42)7-3-4-20-40)38(50)44-32(19-13-24-11-17-30(41)18-12-24)37(49)45-33(35(43)47)23-26-8-14-27-5-1-2-6-28(27)21-26/h1-2,5-6,8-12,14-18,21,31-34H,3-4,7,13,19-20,22-23,40-42H2,(H2,43,47)(H,44,50)(H,45,49)(H,46,48). The number of aryl methyl sites for hydroxylation is 1. The number of rotatable bonds is 18. The summed E-state index contributed by atoms with van der Waals surface area (Å²) in [6, 6.07) is 23.6. The van der Waals surface area contributed by atoms with Gasteiger partial charge in [-0.05, 0) is 84.0 Å². The number of unbranched alkanes of at least 4 members (excludes halogenated alkanes) is 1. The van der Waals surface area contributed by atoms with Gasteiger partial charge in [-0.3, -0.25) is 19.2 Å². The summed E-state index contributed by atoms with van der Waals surface area (Å²) in [5.41, 5.74) is 26.4. The highest BCUT2D eigenvalue weighted by Gasteiger charge is 2.30. The van der Waals surface area contributed by atoms with Crippen molar-refractivity contribution in [3.63, 3.8) is 0 Å². The van der Waals surface area contributed by atoms with E-state index in [4.69, 9.17) is 34.5 Å². The van der Waals surface area contributed by atoms with Crippen molar-refractivity contribution in [3.8, 4) is 0 Å². The maximum Gasteiger partial charge on any atom is 0.243 e. The number of hydrogen-bond donors (Lipinski definition) is 7. The Balaban J connectivity index is 1.55. The minimum absolute atomic E-state index is 0.114. The van der Waals surface area contributed by atoms with Crippen molar-refractivity contribution in [2.75, 3.05) is 12.3 Å². The van der Waals surface area contributed by atoms with Gasteiger partial charge in [0.2, 0.25) is 23.6 Å². The van der Waals surface area contributed by atoms with E-state index < -0.39 is 47.8 Å². The summed E-state index contributed by atoms with van der Waals surface area (Å²) in [6.07, 6.45) is 2.63. The molecule has 4 aromatic carbocycles. The first-order valence-corrected chi connectivity index (χ1v) is 17.1. The lowest BCUT2D eigenvalue weighted by molar-refractivity contribution is -0.133. The summed E-state index contributed by atoms with van der Waals surface area (Å²) in [7, 11) is 0. The summed E-state index contributed by atoms with van der Waals surface area (Å²) >= 11 is 6.08. The molecule has 0 saturated carbocycles. The van der Waals surface area contributed by atoms with Gasteiger partial charge < -0.3 is 38.9 Å². The maximum atomic E-state index is 13.9. The van der Waals surface area contributed by atoms with E-state index in [0.29, 0.717) is 42.9 Å². The van der Waals surface area contributed by atoms with Crippen molar-refractivity contribution in [3.05, 3.63) is 113 Å². The summed E-state index contributed by atoms with van der Waals surface area (Å²) < 4.78 is 0. The third-order valence-corrected chi connectivity index (χ3v) is 8.79. The summed E-state index contributed by atoms with van der Waals surface area (Å²) in [6.45, 7) is 0.481. The zero-order chi connectivity index (χ0) is 36.0. The Morgan fingerprint density at radius 3 is 1.90 bits per heavy atom. The van der Waals surface area contributed by atoms with Crippen molar-refractivity contribution in [2.24, 2.45) is 17.2 Å². The largest absolute Gasteiger partial charge is 0.399 e. The molecule has 0 aliphatic carbocycles. The van der Waals surface area contributed by atoms with Crippen LogP contribution < -0.4 is 38.9 Å². The Hall–Kier alpha value is -4.97. The van der Waals surface area contributed by atoms with Gasteiger partial charge in [-0.25, -0.2) is 0 Å². The van der Waals surface area contributed by atoms with Crippen LogP contribution in [0.4, 0.5) is 5.69 Å². The molecule has 0 saturated heterocycles. The van der Waals surface area contributed by atoms with Crippen molar-refractivity contribution in [1.29, 1.82) is 0 Å². The molecule has 4 amide bonds. The number of nitrogens with one attached hydrogen (secondary N) is 3. The number of carbonyl (C=O) groups is 4. The Morgan fingerprint density at radius 2 is 1.22 bits per heavy atom. The molecule has 4 aromatic rings. The minimum atomic E-state index is -1.08. The maximum absolute atomic E-state index is 13.9. The molecule has 0 fully saturated rings. The number of primary amides is 1. The molecular formula is C38H46ClN7O4. The second-order valence-electron chi connectivity index (χ2n) is 12.5. The van der Waals surface area contributed by atoms with Gasteiger partial charge in [0, 0.05) is 23.6 Å². The Morgan fingerprint density at radius 1 is 0.640 bits per heavy atom. The normalized spacial score (nSPS) is 13.5. The van der Waals surface area contributed by atoms with E-state index in [1.807, 2.05) is 54.6 Å². The number of benzene rings is 4. The number of carbonyl (C=O) groups excluding carboxylic acids is 4. The molecule has 11 nitrogen and oxygen atoms in total. The molecule has 0 spiro atoms. The van der Waals surface area contributed by atoms with Gasteiger partial charge >= 0.3 is 0 Å². The predicted octanol–water partition coefficient (Wildman–Crippen LogP) is 2.89. The lowest BCUT2D eigenvalue weighted by Gasteiger charge is -2.26. The van der Waals surface area contributed by atoms with Gasteiger partial charge in [0.05, 0.1) is 6.04 Å². The van der Waals surface area contributed by atoms with Gasteiger partial charge in [0.25, 0.3) is 0 Å². The molecule has 264 valence electrons. The van der Waals surface area contributed by atoms with Crippen LogP contribution in [-0.4, -0.2) is 54.3 Å². The number of amides is 4. The molecule has 0 bridgehead atoms. The summed E-state index contributed by atoms with van der Waals surface area (Å²) in [5, 5.41) is 10.9. The number of nitrogen functional groups attached to an aromatic ring is 1. The van der Waals surface area contributed by atoms with E-state index in [0.717, 1.165) is 27.5 Å². The molecule has 0 radical (unpaired) electrons. The van der Waals surface area contributed by atoms with Gasteiger partial charge in [-0.15, -0.1) is 0 Å². The average Bonchev–Trinajstić information content (AvgIpc) is 3.10. The number of fused-ring (bicyclic) bond motifs is 1. The monoisotopic (exact) mass is 699 g/mol. The van der Waals surface area contributed by atoms with Crippen LogP contribution in [0.25, 0.3) is 10.8 Å². The van der Waals surface area contributed by atoms with Gasteiger partial charge in [-0.2, -0.15) is 0 Å². The van der Waals surface area contributed by atoms with Crippen LogP contribution >= 0.6 is 11.6 Å². The first-order chi connectivity index (χ1) is 24.0. The van der Waals surface area contributed by atoms with Gasteiger partial charge in [0.15, 0.2) is 0 Å². The zero-order valence-corrected chi connectivity index (χ0v) is 28.7. The lowest BCUT2D eigenvalue weighted by atomic mass is 9.99. The van der Waals surface area contributed by atoms with E-state index in [2.05, 4.69) is 16.0 Å². The highest BCUT2D eigenvalue weighted by atomic mass is 35.5. The quantitative estimate of drug-likeness (QED) is 0.0610. The van der Waals surface area contributed by atoms with E-state index in [1.54, 1.807) is 36.4 Å². The zero-order valence-electron chi connectivity index (χ0n) is 27.9. The second kappa shape index (κ2) is 18.7. The van der Waals surface area contributed by atoms with Crippen LogP contribution in [0.3, 0.4) is 0 Å². The summed E-state index contributed by atoms with van der Waals surface area (Å²) in [4.78, 5) is 53.5. The van der Waals surface area contributed by atoms with Gasteiger partial charge in [0.1, 0.15) is 18.1 Å². The van der Waals surface area contributed by atoms with Crippen LogP contribution in [0.5, 0.6) is 0 Å². The number of nitrogens with two attached hydrogens (primary N) is 4. The molecule has 12 heteroatoms. The Kier molecular flexibility index (Phi) is 14.2. The van der Waals surface area contributed by atoms with Crippen molar-refractivity contribution in [1.82, 2.24) is 16.0 Å². The van der Waals surface area contributed by atoms with E-state index in [-0.39, 0.29) is 19.3 Å². The molecule has 0 aliphatic heterocycles. The number of halogens is 1. The molecule has 4 atom stereocenters. The predicted molar refractivity (Wildman–Crippen MR) is 198 cm³/mol. The van der Waals surface area contributed by atoms with Crippen LogP contribution in [0, 0.1) is 0 Å². The Labute approximate surface area is 297 Å². The molecule has 0 aliphatic rings. The molecule has 4 unspecified atom stereocenters. The number of hydrogen-bond acceptors (Lipinski definition) is 7. The first-order valence-electron chi connectivity index (χ1n) is 16.7. The molecule has 11 N–H and O–H groups in total. The highest BCUT2D eigenvalue weighted by molar-refractivity contribution is 6.30. The molecule has 0 aromatic heterocycles. The fourth-order valence-corrected chi connectivity index (χ4v) is 5.74. The molecule has 0 heterocycles. The van der Waals surface area contributed by atoms with Crippen LogP contribution in [0.1, 0.15) is 42.4 Å². The minimum Gasteiger partial charge on any atom is -0.399 e. The summed E-state index contributed by atoms with van der Waals surface area (Å²) in [5.74, 6) is -2.40. The van der Waals surface area contributed by atoms with Crippen LogP contribution in [0.15, 0.2) is 91.0 Å². The molecule has 4 rings (SSSR count). The number of anilines is 1. The Bertz CT molecular complexity index is 1750. The van der Waals surface area contributed by atoms with Crippen LogP contribution in [-0.2, 0) is 38.4 Å². The fraction of sp³-hybridized carbons (Fsp3) is 0.316. The van der Waals surface area contributed by atoms with Crippen molar-refractivity contribution >= 4 is 51.7 Å². The highest BCUT2D eigenvalue weighted by Crippen LogP contribution is 2.18. The van der Waals surface area contributed by atoms with Crippen molar-refractivity contribution < 1.29 is 19.2 Å². The first kappa shape index (κ1) is 37.8. The van der Waals surface area contributed by atoms with E-state index in [9.17, 15) is 19.2 Å². The van der Waals surface area contributed by atoms with E-state index in [1.165, 1.54) is 0 Å². The van der Waals surface area contributed by atoms with Crippen LogP contribution in [0.2, 0.25) is 5.02 Å². The lowest BCUT2D eigenvalue weighted by Crippen LogP contribution is -2.58. The SMILES string of the molecule is NCCCCC(N)C(=O)NC(Cc1ccc(Cl)cc1)C(=O)NC(CCc1ccc(N)cc1)C(=O)NC(Cc1ccc2ccccc2c1)C(N)=O. The van der Waals surface area contributed by atoms with Crippen molar-refractivity contribution in [2.45, 2.75) is 69.1 Å². The van der Waals surface area contributed by atoms with E-state index >= 15 is 0 Å². The molecular weight excluding hydrogens is 654 g/mol. The average molecular weight is 700 g/mol. The molecule has 50 heavy (non-hydrogen) atoms. The third-order valence-electron chi connectivity index (χ3n) is 8.54.